The van der Waals surface area contributed by atoms with Crippen LogP contribution in [0.4, 0.5) is 0 Å². The molecule has 0 aliphatic carbocycles. The van der Waals surface area contributed by atoms with Gasteiger partial charge in [0.2, 0.25) is 5.91 Å². The largest absolute Gasteiger partial charge is 0.480 e. The van der Waals surface area contributed by atoms with Crippen LogP contribution in [0.5, 0.6) is 0 Å². The van der Waals surface area contributed by atoms with E-state index in [0.29, 0.717) is 12.2 Å². The van der Waals surface area contributed by atoms with Gasteiger partial charge in [-0.05, 0) is 32.3 Å². The minimum Gasteiger partial charge on any atom is -0.480 e. The third kappa shape index (κ3) is 5.64. The number of nitrogens with one attached hydrogen (secondary N) is 1. The molecule has 0 aromatic rings. The highest BCUT2D eigenvalue weighted by Crippen LogP contribution is 2.03. The van der Waals surface area contributed by atoms with Gasteiger partial charge in [-0.2, -0.15) is 11.8 Å². The van der Waals surface area contributed by atoms with E-state index in [1.807, 2.05) is 6.26 Å². The van der Waals surface area contributed by atoms with E-state index >= 15 is 0 Å². The first-order chi connectivity index (χ1) is 6.79. The predicted octanol–water partition coefficient (Wildman–Crippen LogP) is 0.0462. The monoisotopic (exact) mass is 234 g/mol. The van der Waals surface area contributed by atoms with E-state index in [2.05, 4.69) is 5.32 Å². The molecule has 6 heteroatoms. The van der Waals surface area contributed by atoms with Gasteiger partial charge in [0.15, 0.2) is 0 Å². The summed E-state index contributed by atoms with van der Waals surface area (Å²) >= 11 is 1.54. The van der Waals surface area contributed by atoms with Crippen molar-refractivity contribution < 1.29 is 14.7 Å². The van der Waals surface area contributed by atoms with Crippen LogP contribution in [0, 0.1) is 0 Å². The van der Waals surface area contributed by atoms with E-state index in [1.54, 1.807) is 0 Å². The van der Waals surface area contributed by atoms with Crippen molar-refractivity contribution in [1.29, 1.82) is 0 Å². The molecule has 0 unspecified atom stereocenters. The molecule has 0 rings (SSSR count). The fraction of sp³-hybridized carbons (Fsp3) is 0.778. The number of hydrogen-bond donors (Lipinski definition) is 3. The van der Waals surface area contributed by atoms with Crippen LogP contribution >= 0.6 is 11.8 Å². The molecule has 0 aliphatic rings. The number of nitrogens with two attached hydrogens (primary N) is 1. The zero-order valence-corrected chi connectivity index (χ0v) is 10.1. The second-order valence-corrected chi connectivity index (χ2v) is 4.85. The summed E-state index contributed by atoms with van der Waals surface area (Å²) < 4.78 is 0. The van der Waals surface area contributed by atoms with Crippen LogP contribution in [0.1, 0.15) is 20.3 Å². The van der Waals surface area contributed by atoms with Crippen molar-refractivity contribution in [2.24, 2.45) is 5.73 Å². The maximum Gasteiger partial charge on any atom is 0.326 e. The van der Waals surface area contributed by atoms with Gasteiger partial charge in [0.1, 0.15) is 6.04 Å². The fourth-order valence-corrected chi connectivity index (χ4v) is 1.31. The Hall–Kier alpha value is -0.750. The molecule has 0 aromatic heterocycles. The quantitative estimate of drug-likeness (QED) is 0.603. The van der Waals surface area contributed by atoms with Crippen LogP contribution in [0.25, 0.3) is 0 Å². The molecule has 88 valence electrons. The van der Waals surface area contributed by atoms with Gasteiger partial charge in [0.25, 0.3) is 0 Å². The number of carboxylic acids is 1. The molecule has 15 heavy (non-hydrogen) atoms. The number of carboxylic acid groups (broad SMARTS) is 1. The molecule has 0 aromatic carbocycles. The lowest BCUT2D eigenvalue weighted by molar-refractivity contribution is -0.142. The minimum atomic E-state index is -1.05. The van der Waals surface area contributed by atoms with Crippen molar-refractivity contribution in [2.75, 3.05) is 12.0 Å². The summed E-state index contributed by atoms with van der Waals surface area (Å²) in [5.74, 6) is -0.792. The van der Waals surface area contributed by atoms with Crippen molar-refractivity contribution >= 4 is 23.6 Å². The first-order valence-electron chi connectivity index (χ1n) is 4.60. The Balaban J connectivity index is 4.29. The number of amides is 1. The molecule has 0 bridgehead atoms. The lowest BCUT2D eigenvalue weighted by Gasteiger charge is -2.21. The van der Waals surface area contributed by atoms with E-state index in [1.165, 1.54) is 25.6 Å². The van der Waals surface area contributed by atoms with Gasteiger partial charge in [-0.3, -0.25) is 4.79 Å². The Morgan fingerprint density at radius 2 is 2.07 bits per heavy atom. The summed E-state index contributed by atoms with van der Waals surface area (Å²) in [5, 5.41) is 11.3. The minimum absolute atomic E-state index is 0.401. The summed E-state index contributed by atoms with van der Waals surface area (Å²) in [7, 11) is 0. The van der Waals surface area contributed by atoms with E-state index in [-0.39, 0.29) is 0 Å². The summed E-state index contributed by atoms with van der Waals surface area (Å²) in [6.45, 7) is 3.08. The number of rotatable bonds is 6. The van der Waals surface area contributed by atoms with Crippen molar-refractivity contribution in [2.45, 2.75) is 31.8 Å². The van der Waals surface area contributed by atoms with Gasteiger partial charge < -0.3 is 16.2 Å². The Labute approximate surface area is 93.8 Å². The highest BCUT2D eigenvalue weighted by Gasteiger charge is 2.27. The molecule has 0 fully saturated rings. The summed E-state index contributed by atoms with van der Waals surface area (Å²) in [4.78, 5) is 22.2. The van der Waals surface area contributed by atoms with Crippen LogP contribution in [-0.4, -0.2) is 40.6 Å². The number of thioether (sulfide) groups is 1. The molecule has 1 amide bonds. The second-order valence-electron chi connectivity index (χ2n) is 3.87. The first kappa shape index (κ1) is 14.2. The Morgan fingerprint density at radius 3 is 2.40 bits per heavy atom. The second kappa shape index (κ2) is 5.97. The van der Waals surface area contributed by atoms with Gasteiger partial charge in [-0.25, -0.2) is 4.79 Å². The number of carbonyl (C=O) groups excluding carboxylic acids is 1. The lowest BCUT2D eigenvalue weighted by Crippen LogP contribution is -2.54. The maximum absolute atomic E-state index is 11.4. The molecule has 0 saturated carbocycles. The van der Waals surface area contributed by atoms with E-state index in [9.17, 15) is 9.59 Å². The van der Waals surface area contributed by atoms with E-state index in [4.69, 9.17) is 10.8 Å². The molecular weight excluding hydrogens is 216 g/mol. The molecule has 5 nitrogen and oxygen atoms in total. The van der Waals surface area contributed by atoms with Crippen molar-refractivity contribution in [1.82, 2.24) is 5.32 Å². The molecule has 4 N–H and O–H groups in total. The van der Waals surface area contributed by atoms with Crippen molar-refractivity contribution in [3.8, 4) is 0 Å². The normalized spacial score (nSPS) is 13.3. The van der Waals surface area contributed by atoms with Gasteiger partial charge in [0.05, 0.1) is 5.54 Å². The Bertz CT molecular complexity index is 238. The molecule has 1 atom stereocenters. The maximum atomic E-state index is 11.4. The lowest BCUT2D eigenvalue weighted by atomic mass is 10.1. The standard InChI is InChI=1S/C9H18N2O3S/c1-9(2,10)8(14)11-6(7(12)13)4-5-15-3/h6H,4-5,10H2,1-3H3,(H,11,14)(H,12,13)/t6-/m1/s1. The van der Waals surface area contributed by atoms with Crippen molar-refractivity contribution in [3.05, 3.63) is 0 Å². The average Bonchev–Trinajstić information content (AvgIpc) is 2.09. The van der Waals surface area contributed by atoms with Crippen LogP contribution in [0.3, 0.4) is 0 Å². The van der Waals surface area contributed by atoms with Crippen LogP contribution in [-0.2, 0) is 9.59 Å². The van der Waals surface area contributed by atoms with Gasteiger partial charge in [0, 0.05) is 0 Å². The highest BCUT2D eigenvalue weighted by molar-refractivity contribution is 7.98. The topological polar surface area (TPSA) is 92.4 Å². The van der Waals surface area contributed by atoms with Crippen LogP contribution in [0.2, 0.25) is 0 Å². The van der Waals surface area contributed by atoms with E-state index < -0.39 is 23.5 Å². The Morgan fingerprint density at radius 1 is 1.53 bits per heavy atom. The smallest absolute Gasteiger partial charge is 0.326 e. The molecule has 0 heterocycles. The highest BCUT2D eigenvalue weighted by atomic mass is 32.2. The fourth-order valence-electron chi connectivity index (χ4n) is 0.837. The van der Waals surface area contributed by atoms with Crippen LogP contribution < -0.4 is 11.1 Å². The summed E-state index contributed by atoms with van der Waals surface area (Å²) in [6.07, 6.45) is 2.28. The van der Waals surface area contributed by atoms with E-state index in [0.717, 1.165) is 0 Å². The third-order valence-electron chi connectivity index (χ3n) is 1.80. The molecule has 0 radical (unpaired) electrons. The zero-order valence-electron chi connectivity index (χ0n) is 9.24. The SMILES string of the molecule is CSCC[C@@H](NC(=O)C(C)(C)N)C(=O)O. The first-order valence-corrected chi connectivity index (χ1v) is 6.00. The van der Waals surface area contributed by atoms with Crippen LogP contribution in [0.15, 0.2) is 0 Å². The number of carbonyl (C=O) groups is 2. The van der Waals surface area contributed by atoms with Gasteiger partial charge in [-0.1, -0.05) is 0 Å². The van der Waals surface area contributed by atoms with Gasteiger partial charge in [-0.15, -0.1) is 0 Å². The van der Waals surface area contributed by atoms with Crippen molar-refractivity contribution in [3.63, 3.8) is 0 Å². The number of hydrogen-bond acceptors (Lipinski definition) is 4. The van der Waals surface area contributed by atoms with Gasteiger partial charge >= 0.3 is 5.97 Å². The molecule has 0 aliphatic heterocycles. The number of aliphatic carboxylic acids is 1. The third-order valence-corrected chi connectivity index (χ3v) is 2.44. The summed E-state index contributed by atoms with van der Waals surface area (Å²) in [5.41, 5.74) is 4.50. The molecule has 0 saturated heterocycles. The summed E-state index contributed by atoms with van der Waals surface area (Å²) in [6, 6.07) is -0.854. The average molecular weight is 234 g/mol. The zero-order chi connectivity index (χ0) is 12.1. The molecule has 0 spiro atoms. The predicted molar refractivity (Wildman–Crippen MR) is 60.8 cm³/mol. The Kier molecular flexibility index (Phi) is 5.67. The molecular formula is C9H18N2O3S.